The third-order valence-corrected chi connectivity index (χ3v) is 4.88. The summed E-state index contributed by atoms with van der Waals surface area (Å²) in [6, 6.07) is 15.0. The van der Waals surface area contributed by atoms with Gasteiger partial charge in [0.1, 0.15) is 0 Å². The van der Waals surface area contributed by atoms with Crippen LogP contribution in [0.4, 0.5) is 0 Å². The van der Waals surface area contributed by atoms with E-state index in [1.54, 1.807) is 19.2 Å². The van der Waals surface area contributed by atoms with Gasteiger partial charge >= 0.3 is 0 Å². The Bertz CT molecular complexity index is 916. The molecule has 0 saturated carbocycles. The molecule has 6 nitrogen and oxygen atoms in total. The van der Waals surface area contributed by atoms with Gasteiger partial charge in [0, 0.05) is 13.7 Å². The van der Waals surface area contributed by atoms with E-state index in [0.717, 1.165) is 11.1 Å². The zero-order chi connectivity index (χ0) is 19.1. The number of aromatic nitrogens is 2. The Labute approximate surface area is 166 Å². The number of benzene rings is 2. The number of methoxy groups -OCH3 is 1. The van der Waals surface area contributed by atoms with Crippen molar-refractivity contribution < 1.29 is 13.9 Å². The first-order chi connectivity index (χ1) is 13.2. The van der Waals surface area contributed by atoms with Gasteiger partial charge in [0.15, 0.2) is 0 Å². The van der Waals surface area contributed by atoms with Gasteiger partial charge in [0.25, 0.3) is 5.22 Å². The van der Waals surface area contributed by atoms with Crippen LogP contribution in [0.2, 0.25) is 5.02 Å². The maximum atomic E-state index is 12.1. The molecule has 0 aliphatic heterocycles. The number of nitrogens with one attached hydrogen (secondary N) is 1. The van der Waals surface area contributed by atoms with Crippen LogP contribution in [0.3, 0.4) is 0 Å². The Morgan fingerprint density at radius 3 is 2.67 bits per heavy atom. The summed E-state index contributed by atoms with van der Waals surface area (Å²) < 4.78 is 10.7. The number of nitrogens with zero attached hydrogens (tertiary/aromatic N) is 2. The van der Waals surface area contributed by atoms with E-state index in [1.807, 2.05) is 36.4 Å². The third kappa shape index (κ3) is 5.32. The molecule has 3 aromatic rings. The van der Waals surface area contributed by atoms with Gasteiger partial charge in [-0.2, -0.15) is 0 Å². The van der Waals surface area contributed by atoms with Crippen molar-refractivity contribution in [3.8, 4) is 11.5 Å². The van der Waals surface area contributed by atoms with Crippen molar-refractivity contribution in [2.45, 2.75) is 18.4 Å². The van der Waals surface area contributed by atoms with Crippen molar-refractivity contribution in [1.29, 1.82) is 0 Å². The van der Waals surface area contributed by atoms with E-state index in [4.69, 9.17) is 20.8 Å². The van der Waals surface area contributed by atoms with E-state index in [-0.39, 0.29) is 11.7 Å². The minimum atomic E-state index is -0.121. The van der Waals surface area contributed by atoms with E-state index >= 15 is 0 Å². The lowest BCUT2D eigenvalue weighted by Gasteiger charge is -2.09. The topological polar surface area (TPSA) is 77.2 Å². The van der Waals surface area contributed by atoms with E-state index < -0.39 is 0 Å². The zero-order valence-corrected chi connectivity index (χ0v) is 16.2. The predicted molar refractivity (Wildman–Crippen MR) is 104 cm³/mol. The van der Waals surface area contributed by atoms with Crippen LogP contribution in [0.1, 0.15) is 11.1 Å². The Morgan fingerprint density at radius 2 is 1.89 bits per heavy atom. The minimum absolute atomic E-state index is 0.121. The maximum absolute atomic E-state index is 12.1. The molecule has 8 heteroatoms. The first kappa shape index (κ1) is 19.4. The minimum Gasteiger partial charge on any atom is -0.411 e. The van der Waals surface area contributed by atoms with Crippen molar-refractivity contribution >= 4 is 29.3 Å². The van der Waals surface area contributed by atoms with E-state index in [2.05, 4.69) is 15.5 Å². The van der Waals surface area contributed by atoms with Crippen LogP contribution in [-0.4, -0.2) is 29.0 Å². The number of amides is 1. The van der Waals surface area contributed by atoms with Crippen molar-refractivity contribution in [3.05, 3.63) is 64.7 Å². The summed E-state index contributed by atoms with van der Waals surface area (Å²) in [5.41, 5.74) is 2.74. The number of rotatable bonds is 8. The van der Waals surface area contributed by atoms with Gasteiger partial charge in [-0.1, -0.05) is 59.8 Å². The van der Waals surface area contributed by atoms with Gasteiger partial charge in [-0.3, -0.25) is 4.79 Å². The van der Waals surface area contributed by atoms with Gasteiger partial charge in [-0.15, -0.1) is 10.2 Å². The van der Waals surface area contributed by atoms with Crippen molar-refractivity contribution in [2.24, 2.45) is 0 Å². The Kier molecular flexibility index (Phi) is 6.86. The van der Waals surface area contributed by atoms with Crippen LogP contribution in [0, 0.1) is 0 Å². The fourth-order valence-electron chi connectivity index (χ4n) is 2.41. The molecule has 1 amide bonds. The number of hydrogen-bond donors (Lipinski definition) is 1. The molecule has 0 bridgehead atoms. The average Bonchev–Trinajstić information content (AvgIpc) is 3.15. The second-order valence-electron chi connectivity index (χ2n) is 5.62. The lowest BCUT2D eigenvalue weighted by molar-refractivity contribution is -0.118. The highest BCUT2D eigenvalue weighted by atomic mass is 35.5. The highest BCUT2D eigenvalue weighted by Crippen LogP contribution is 2.28. The molecular formula is C19H18ClN3O3S. The zero-order valence-electron chi connectivity index (χ0n) is 14.6. The highest BCUT2D eigenvalue weighted by Gasteiger charge is 2.13. The lowest BCUT2D eigenvalue weighted by atomic mass is 10.1. The van der Waals surface area contributed by atoms with Crippen LogP contribution in [-0.2, 0) is 22.7 Å². The van der Waals surface area contributed by atoms with Crippen LogP contribution in [0.25, 0.3) is 11.5 Å². The van der Waals surface area contributed by atoms with E-state index in [0.29, 0.717) is 34.9 Å². The van der Waals surface area contributed by atoms with E-state index in [9.17, 15) is 4.79 Å². The molecule has 140 valence electrons. The predicted octanol–water partition coefficient (Wildman–Crippen LogP) is 3.94. The molecule has 0 radical (unpaired) electrons. The first-order valence-electron chi connectivity index (χ1n) is 8.21. The smallest absolute Gasteiger partial charge is 0.277 e. The number of thioether (sulfide) groups is 1. The molecular weight excluding hydrogens is 386 g/mol. The lowest BCUT2D eigenvalue weighted by Crippen LogP contribution is -2.25. The SMILES string of the molecule is COCc1ccccc1CNC(=O)CSc1nnc(-c2ccccc2Cl)o1. The molecule has 0 unspecified atom stereocenters. The third-order valence-electron chi connectivity index (χ3n) is 3.73. The van der Waals surface area contributed by atoms with Crippen LogP contribution < -0.4 is 5.32 Å². The summed E-state index contributed by atoms with van der Waals surface area (Å²) in [5, 5.41) is 11.7. The molecule has 0 aliphatic carbocycles. The highest BCUT2D eigenvalue weighted by molar-refractivity contribution is 7.99. The normalized spacial score (nSPS) is 10.7. The molecule has 1 aromatic heterocycles. The molecule has 0 fully saturated rings. The largest absolute Gasteiger partial charge is 0.411 e. The molecule has 1 N–H and O–H groups in total. The number of halogens is 1. The molecule has 1 heterocycles. The summed E-state index contributed by atoms with van der Waals surface area (Å²) in [4.78, 5) is 12.1. The quantitative estimate of drug-likeness (QED) is 0.574. The summed E-state index contributed by atoms with van der Waals surface area (Å²) in [5.74, 6) is 0.387. The van der Waals surface area contributed by atoms with Crippen molar-refractivity contribution in [1.82, 2.24) is 15.5 Å². The summed E-state index contributed by atoms with van der Waals surface area (Å²) >= 11 is 7.30. The Morgan fingerprint density at radius 1 is 1.15 bits per heavy atom. The van der Waals surface area contributed by atoms with E-state index in [1.165, 1.54) is 11.8 Å². The van der Waals surface area contributed by atoms with Gasteiger partial charge in [-0.25, -0.2) is 0 Å². The standard InChI is InChI=1S/C19H18ClN3O3S/c1-25-11-14-7-3-2-6-13(14)10-21-17(24)12-27-19-23-22-18(26-19)15-8-4-5-9-16(15)20/h2-9H,10-12H2,1H3,(H,21,24). The molecule has 0 saturated heterocycles. The van der Waals surface area contributed by atoms with Crippen LogP contribution in [0.5, 0.6) is 0 Å². The van der Waals surface area contributed by atoms with Crippen LogP contribution in [0.15, 0.2) is 58.2 Å². The fraction of sp³-hybridized carbons (Fsp3) is 0.211. The van der Waals surface area contributed by atoms with Gasteiger partial charge in [0.2, 0.25) is 11.8 Å². The molecule has 2 aromatic carbocycles. The Hall–Kier alpha value is -2.35. The summed E-state index contributed by atoms with van der Waals surface area (Å²) in [6.45, 7) is 0.946. The average molecular weight is 404 g/mol. The fourth-order valence-corrected chi connectivity index (χ4v) is 3.22. The first-order valence-corrected chi connectivity index (χ1v) is 9.57. The maximum Gasteiger partial charge on any atom is 0.277 e. The monoisotopic (exact) mass is 403 g/mol. The van der Waals surface area contributed by atoms with Gasteiger partial charge in [-0.05, 0) is 23.3 Å². The number of carbonyl (C=O) groups is 1. The van der Waals surface area contributed by atoms with Crippen molar-refractivity contribution in [2.75, 3.05) is 12.9 Å². The molecule has 0 spiro atoms. The molecule has 0 aliphatic rings. The second kappa shape index (κ2) is 9.55. The Balaban J connectivity index is 1.52. The van der Waals surface area contributed by atoms with Gasteiger partial charge in [0.05, 0.1) is 22.9 Å². The number of hydrogen-bond acceptors (Lipinski definition) is 6. The van der Waals surface area contributed by atoms with Crippen LogP contribution >= 0.6 is 23.4 Å². The molecule has 0 atom stereocenters. The summed E-state index contributed by atoms with van der Waals surface area (Å²) in [7, 11) is 1.65. The molecule has 3 rings (SSSR count). The van der Waals surface area contributed by atoms with Crippen molar-refractivity contribution in [3.63, 3.8) is 0 Å². The number of carbonyl (C=O) groups excluding carboxylic acids is 1. The molecule has 27 heavy (non-hydrogen) atoms. The number of ether oxygens (including phenoxy) is 1. The second-order valence-corrected chi connectivity index (χ2v) is 6.95. The summed E-state index contributed by atoms with van der Waals surface area (Å²) in [6.07, 6.45) is 0. The van der Waals surface area contributed by atoms with Gasteiger partial charge < -0.3 is 14.5 Å².